The Bertz CT molecular complexity index is 1320. The van der Waals surface area contributed by atoms with Gasteiger partial charge in [-0.1, -0.05) is 18.2 Å². The van der Waals surface area contributed by atoms with E-state index in [1.54, 1.807) is 12.1 Å². The summed E-state index contributed by atoms with van der Waals surface area (Å²) in [5, 5.41) is 0.947. The molecule has 5 rings (SSSR count). The average molecular weight is 491 g/mol. The predicted octanol–water partition coefficient (Wildman–Crippen LogP) is 3.45. The zero-order valence-corrected chi connectivity index (χ0v) is 20.8. The second kappa shape index (κ2) is 10.2. The smallest absolute Gasteiger partial charge is 0.203 e. The van der Waals surface area contributed by atoms with Crippen molar-refractivity contribution in [1.82, 2.24) is 9.47 Å². The Morgan fingerprint density at radius 2 is 1.53 bits per heavy atom. The number of Topliss-reactive ketones (excluding diaryl/α,β-unsaturated/α-hetero) is 2. The molecule has 0 amide bonds. The molecule has 1 aliphatic carbocycles. The Morgan fingerprint density at radius 3 is 2.19 bits per heavy atom. The van der Waals surface area contributed by atoms with Crippen LogP contribution in [-0.2, 0) is 20.9 Å². The molecule has 3 aromatic rings. The first-order chi connectivity index (χ1) is 17.5. The van der Waals surface area contributed by atoms with Crippen molar-refractivity contribution in [1.29, 1.82) is 0 Å². The number of nitrogens with zero attached hydrogens (tertiary/aromatic N) is 2. The molecule has 0 unspecified atom stereocenters. The molecule has 2 aromatic carbocycles. The van der Waals surface area contributed by atoms with Crippen LogP contribution in [0.2, 0.25) is 0 Å². The number of allylic oxidation sites excluding steroid dienone is 2. The monoisotopic (exact) mass is 490 g/mol. The summed E-state index contributed by atoms with van der Waals surface area (Å²) in [5.74, 6) is 0.897. The Kier molecular flexibility index (Phi) is 6.80. The number of ketones is 2. The molecule has 0 radical (unpaired) electrons. The van der Waals surface area contributed by atoms with Gasteiger partial charge in [0.15, 0.2) is 23.1 Å². The number of rotatable bonds is 8. The van der Waals surface area contributed by atoms with Gasteiger partial charge in [-0.3, -0.25) is 14.5 Å². The van der Waals surface area contributed by atoms with Crippen LogP contribution >= 0.6 is 0 Å². The van der Waals surface area contributed by atoms with Crippen LogP contribution in [0.3, 0.4) is 0 Å². The van der Waals surface area contributed by atoms with Gasteiger partial charge in [0.1, 0.15) is 0 Å². The van der Waals surface area contributed by atoms with Gasteiger partial charge in [0.05, 0.1) is 41.0 Å². The Balaban J connectivity index is 1.63. The zero-order valence-electron chi connectivity index (χ0n) is 20.8. The maximum absolute atomic E-state index is 13.3. The molecule has 0 saturated carbocycles. The van der Waals surface area contributed by atoms with Gasteiger partial charge in [-0.25, -0.2) is 0 Å². The van der Waals surface area contributed by atoms with Crippen molar-refractivity contribution in [3.63, 3.8) is 0 Å². The van der Waals surface area contributed by atoms with Gasteiger partial charge in [-0.2, -0.15) is 0 Å². The minimum atomic E-state index is -0.213. The molecule has 1 aliphatic heterocycles. The van der Waals surface area contributed by atoms with E-state index in [0.717, 1.165) is 55.9 Å². The second-order valence-corrected chi connectivity index (χ2v) is 8.89. The lowest BCUT2D eigenvalue weighted by molar-refractivity contribution is -0.119. The first kappa shape index (κ1) is 24.1. The lowest BCUT2D eigenvalue weighted by Gasteiger charge is -2.26. The van der Waals surface area contributed by atoms with Gasteiger partial charge in [-0.05, 0) is 23.8 Å². The normalized spacial score (nSPS) is 16.8. The van der Waals surface area contributed by atoms with Gasteiger partial charge < -0.3 is 23.5 Å². The van der Waals surface area contributed by atoms with E-state index in [4.69, 9.17) is 18.9 Å². The highest BCUT2D eigenvalue weighted by atomic mass is 16.5. The van der Waals surface area contributed by atoms with Gasteiger partial charge in [-0.15, -0.1) is 0 Å². The van der Waals surface area contributed by atoms with Crippen LogP contribution < -0.4 is 14.2 Å². The number of para-hydroxylation sites is 1. The Morgan fingerprint density at radius 1 is 0.861 bits per heavy atom. The van der Waals surface area contributed by atoms with Crippen LogP contribution in [-0.4, -0.2) is 75.2 Å². The van der Waals surface area contributed by atoms with Gasteiger partial charge in [0.25, 0.3) is 0 Å². The van der Waals surface area contributed by atoms with Gasteiger partial charge in [0, 0.05) is 60.0 Å². The molecule has 2 heterocycles. The van der Waals surface area contributed by atoms with E-state index in [2.05, 4.69) is 15.5 Å². The number of carbonyl (C=O) groups excluding carboxylic acids is 2. The van der Waals surface area contributed by atoms with Gasteiger partial charge >= 0.3 is 0 Å². The number of benzene rings is 2. The molecular formula is C28H30N2O6. The van der Waals surface area contributed by atoms with Crippen LogP contribution in [0.15, 0.2) is 42.6 Å². The standard InChI is InChI=1S/C28H30N2O6/c1-33-24-14-18(15-25(34-2)28(24)35-3)26-22(31)16-23(32)27(26)20-17-30(21-7-5-4-6-19(20)21)9-8-29-10-12-36-13-11-29/h4-7,14-15,17H,8-13,16H2,1-3H3. The van der Waals surface area contributed by atoms with Crippen molar-refractivity contribution in [2.45, 2.75) is 13.0 Å². The highest BCUT2D eigenvalue weighted by molar-refractivity contribution is 6.51. The molecule has 0 spiro atoms. The number of morpholine rings is 1. The molecule has 1 saturated heterocycles. The van der Waals surface area contributed by atoms with E-state index in [-0.39, 0.29) is 18.0 Å². The summed E-state index contributed by atoms with van der Waals surface area (Å²) in [5.41, 5.74) is 3.20. The molecule has 0 bridgehead atoms. The van der Waals surface area contributed by atoms with Crippen LogP contribution in [0.1, 0.15) is 17.5 Å². The third-order valence-electron chi connectivity index (χ3n) is 6.90. The van der Waals surface area contributed by atoms with Crippen LogP contribution in [0, 0.1) is 0 Å². The molecule has 2 aliphatic rings. The third-order valence-corrected chi connectivity index (χ3v) is 6.90. The summed E-state index contributed by atoms with van der Waals surface area (Å²) in [6, 6.07) is 11.5. The Hall–Kier alpha value is -3.62. The summed E-state index contributed by atoms with van der Waals surface area (Å²) >= 11 is 0. The molecule has 1 fully saturated rings. The molecular weight excluding hydrogens is 460 g/mol. The van der Waals surface area contributed by atoms with Crippen molar-refractivity contribution in [2.24, 2.45) is 0 Å². The van der Waals surface area contributed by atoms with E-state index in [9.17, 15) is 9.59 Å². The van der Waals surface area contributed by atoms with E-state index in [1.165, 1.54) is 21.3 Å². The van der Waals surface area contributed by atoms with Crippen molar-refractivity contribution < 1.29 is 28.5 Å². The fourth-order valence-corrected chi connectivity index (χ4v) is 5.12. The minimum absolute atomic E-state index is 0.158. The highest BCUT2D eigenvalue weighted by Gasteiger charge is 2.35. The number of methoxy groups -OCH3 is 3. The van der Waals surface area contributed by atoms with Crippen molar-refractivity contribution >= 4 is 33.6 Å². The minimum Gasteiger partial charge on any atom is -0.493 e. The largest absolute Gasteiger partial charge is 0.493 e. The molecule has 1 aromatic heterocycles. The molecule has 0 N–H and O–H groups in total. The summed E-state index contributed by atoms with van der Waals surface area (Å²) in [6.07, 6.45) is 1.85. The van der Waals surface area contributed by atoms with E-state index >= 15 is 0 Å². The van der Waals surface area contributed by atoms with Crippen molar-refractivity contribution in [3.8, 4) is 17.2 Å². The quantitative estimate of drug-likeness (QED) is 0.448. The van der Waals surface area contributed by atoms with E-state index in [0.29, 0.717) is 34.0 Å². The van der Waals surface area contributed by atoms with Crippen LogP contribution in [0.5, 0.6) is 17.2 Å². The number of ether oxygens (including phenoxy) is 4. The molecule has 0 atom stereocenters. The summed E-state index contributed by atoms with van der Waals surface area (Å²) in [4.78, 5) is 28.8. The molecule has 8 nitrogen and oxygen atoms in total. The lowest BCUT2D eigenvalue weighted by atomic mass is 9.95. The zero-order chi connectivity index (χ0) is 25.2. The molecule has 188 valence electrons. The second-order valence-electron chi connectivity index (χ2n) is 8.89. The van der Waals surface area contributed by atoms with Crippen LogP contribution in [0.25, 0.3) is 22.0 Å². The summed E-state index contributed by atoms with van der Waals surface area (Å²) in [6.45, 7) is 4.98. The van der Waals surface area contributed by atoms with Crippen molar-refractivity contribution in [3.05, 3.63) is 53.7 Å². The average Bonchev–Trinajstić information content (AvgIpc) is 3.42. The maximum atomic E-state index is 13.3. The highest BCUT2D eigenvalue weighted by Crippen LogP contribution is 2.44. The number of hydrogen-bond acceptors (Lipinski definition) is 7. The number of fused-ring (bicyclic) bond motifs is 1. The summed E-state index contributed by atoms with van der Waals surface area (Å²) < 4.78 is 24.1. The van der Waals surface area contributed by atoms with E-state index in [1.807, 2.05) is 24.4 Å². The fraction of sp³-hybridized carbons (Fsp3) is 0.357. The topological polar surface area (TPSA) is 79.2 Å². The third kappa shape index (κ3) is 4.27. The Labute approximate surface area is 210 Å². The maximum Gasteiger partial charge on any atom is 0.203 e. The number of aromatic nitrogens is 1. The number of hydrogen-bond donors (Lipinski definition) is 0. The van der Waals surface area contributed by atoms with E-state index < -0.39 is 0 Å². The number of carbonyl (C=O) groups is 2. The molecule has 36 heavy (non-hydrogen) atoms. The fourth-order valence-electron chi connectivity index (χ4n) is 5.12. The van der Waals surface area contributed by atoms with Crippen molar-refractivity contribution in [2.75, 3.05) is 54.2 Å². The first-order valence-corrected chi connectivity index (χ1v) is 12.0. The first-order valence-electron chi connectivity index (χ1n) is 12.0. The summed E-state index contributed by atoms with van der Waals surface area (Å²) in [7, 11) is 4.58. The SMILES string of the molecule is COc1cc(C2=C(c3cn(CCN4CCOCC4)c4ccccc34)C(=O)CC2=O)cc(OC)c1OC. The van der Waals surface area contributed by atoms with Crippen LogP contribution in [0.4, 0.5) is 0 Å². The molecule has 8 heteroatoms. The predicted molar refractivity (Wildman–Crippen MR) is 137 cm³/mol. The lowest BCUT2D eigenvalue weighted by Crippen LogP contribution is -2.38. The van der Waals surface area contributed by atoms with Gasteiger partial charge in [0.2, 0.25) is 5.75 Å².